The smallest absolute Gasteiger partial charge is 0.308 e. The summed E-state index contributed by atoms with van der Waals surface area (Å²) in [6.45, 7) is 0. The van der Waals surface area contributed by atoms with Crippen LogP contribution in [0, 0.1) is 17.2 Å². The highest BCUT2D eigenvalue weighted by Crippen LogP contribution is 2.31. The molecule has 0 bridgehead atoms. The summed E-state index contributed by atoms with van der Waals surface area (Å²) in [7, 11) is 1.43. The molecule has 0 saturated heterocycles. The summed E-state index contributed by atoms with van der Waals surface area (Å²) in [5, 5.41) is 12.2. The van der Waals surface area contributed by atoms with E-state index in [1.807, 2.05) is 6.07 Å². The van der Waals surface area contributed by atoms with E-state index in [9.17, 15) is 4.79 Å². The Morgan fingerprint density at radius 3 is 2.95 bits per heavy atom. The summed E-state index contributed by atoms with van der Waals surface area (Å²) in [6, 6.07) is 7.82. The first kappa shape index (κ1) is 13.9. The van der Waals surface area contributed by atoms with Crippen molar-refractivity contribution in [1.82, 2.24) is 0 Å². The quantitative estimate of drug-likeness (QED) is 0.869. The maximum atomic E-state index is 11.5. The third-order valence-corrected chi connectivity index (χ3v) is 4.08. The van der Waals surface area contributed by atoms with Crippen molar-refractivity contribution < 1.29 is 9.53 Å². The number of halogens is 1. The van der Waals surface area contributed by atoms with Gasteiger partial charge in [0.25, 0.3) is 0 Å². The fourth-order valence-electron chi connectivity index (χ4n) is 2.41. The molecule has 5 heteroatoms. The number of methoxy groups -OCH3 is 1. The van der Waals surface area contributed by atoms with E-state index in [-0.39, 0.29) is 17.9 Å². The van der Waals surface area contributed by atoms with E-state index in [1.54, 1.807) is 12.1 Å². The van der Waals surface area contributed by atoms with Gasteiger partial charge in [0.2, 0.25) is 0 Å². The monoisotopic (exact) mass is 322 g/mol. The number of hydrogen-bond donors (Lipinski definition) is 1. The van der Waals surface area contributed by atoms with Crippen LogP contribution in [0.1, 0.15) is 24.8 Å². The summed E-state index contributed by atoms with van der Waals surface area (Å²) in [4.78, 5) is 11.5. The molecule has 0 aliphatic heterocycles. The molecular weight excluding hydrogens is 308 g/mol. The Hall–Kier alpha value is -1.54. The molecular formula is C14H15BrN2O2. The van der Waals surface area contributed by atoms with Gasteiger partial charge in [-0.1, -0.05) is 0 Å². The molecule has 4 nitrogen and oxygen atoms in total. The van der Waals surface area contributed by atoms with Gasteiger partial charge in [-0.15, -0.1) is 0 Å². The van der Waals surface area contributed by atoms with Crippen LogP contribution >= 0.6 is 15.9 Å². The number of anilines is 1. The Balaban J connectivity index is 2.00. The lowest BCUT2D eigenvalue weighted by Gasteiger charge is -2.15. The van der Waals surface area contributed by atoms with Gasteiger partial charge in [0.1, 0.15) is 0 Å². The van der Waals surface area contributed by atoms with Crippen LogP contribution in [0.5, 0.6) is 0 Å². The lowest BCUT2D eigenvalue weighted by molar-refractivity contribution is -0.145. The molecule has 0 aromatic heterocycles. The zero-order valence-electron chi connectivity index (χ0n) is 10.6. The summed E-state index contributed by atoms with van der Waals surface area (Å²) in [6.07, 6.45) is 2.60. The van der Waals surface area contributed by atoms with Gasteiger partial charge in [-0.25, -0.2) is 0 Å². The van der Waals surface area contributed by atoms with Crippen molar-refractivity contribution in [2.45, 2.75) is 25.3 Å². The van der Waals surface area contributed by atoms with Gasteiger partial charge in [-0.05, 0) is 53.4 Å². The predicted molar refractivity (Wildman–Crippen MR) is 75.6 cm³/mol. The second kappa shape index (κ2) is 6.07. The van der Waals surface area contributed by atoms with Crippen LogP contribution in [0.4, 0.5) is 5.69 Å². The van der Waals surface area contributed by atoms with Crippen LogP contribution < -0.4 is 5.32 Å². The first-order valence-corrected chi connectivity index (χ1v) is 6.97. The Kier molecular flexibility index (Phi) is 4.43. The summed E-state index contributed by atoms with van der Waals surface area (Å²) >= 11 is 3.45. The highest BCUT2D eigenvalue weighted by Gasteiger charge is 2.30. The molecule has 0 unspecified atom stereocenters. The van der Waals surface area contributed by atoms with Crippen LogP contribution in [0.2, 0.25) is 0 Å². The molecule has 1 aromatic rings. The average molecular weight is 323 g/mol. The van der Waals surface area contributed by atoms with Crippen LogP contribution in [-0.4, -0.2) is 19.1 Å². The molecule has 1 fully saturated rings. The first-order chi connectivity index (χ1) is 9.13. The molecule has 1 aliphatic rings. The topological polar surface area (TPSA) is 62.1 Å². The summed E-state index contributed by atoms with van der Waals surface area (Å²) in [5.41, 5.74) is 1.57. The minimum absolute atomic E-state index is 0.000317. The second-order valence-electron chi connectivity index (χ2n) is 4.68. The number of benzene rings is 1. The third kappa shape index (κ3) is 3.27. The molecule has 100 valence electrons. The molecule has 0 radical (unpaired) electrons. The lowest BCUT2D eigenvalue weighted by atomic mass is 10.1. The van der Waals surface area contributed by atoms with Gasteiger partial charge in [-0.2, -0.15) is 5.26 Å². The number of nitriles is 1. The van der Waals surface area contributed by atoms with E-state index in [0.29, 0.717) is 5.56 Å². The Bertz CT molecular complexity index is 525. The molecule has 0 heterocycles. The zero-order chi connectivity index (χ0) is 13.8. The second-order valence-corrected chi connectivity index (χ2v) is 5.54. The molecule has 1 N–H and O–H groups in total. The van der Waals surface area contributed by atoms with Crippen molar-refractivity contribution in [1.29, 1.82) is 5.26 Å². The number of carbonyl (C=O) groups is 1. The molecule has 1 aliphatic carbocycles. The zero-order valence-corrected chi connectivity index (χ0v) is 12.2. The van der Waals surface area contributed by atoms with Gasteiger partial charge in [-0.3, -0.25) is 4.79 Å². The number of esters is 1. The molecule has 0 spiro atoms. The van der Waals surface area contributed by atoms with Crippen LogP contribution in [0.15, 0.2) is 22.7 Å². The highest BCUT2D eigenvalue weighted by atomic mass is 79.9. The molecule has 2 atom stereocenters. The van der Waals surface area contributed by atoms with E-state index in [4.69, 9.17) is 10.00 Å². The van der Waals surface area contributed by atoms with Crippen molar-refractivity contribution in [3.8, 4) is 6.07 Å². The Labute approximate surface area is 120 Å². The van der Waals surface area contributed by atoms with E-state index < -0.39 is 0 Å². The van der Waals surface area contributed by atoms with E-state index in [2.05, 4.69) is 27.3 Å². The lowest BCUT2D eigenvalue weighted by Crippen LogP contribution is -2.19. The number of nitrogens with one attached hydrogen (secondary N) is 1. The maximum Gasteiger partial charge on any atom is 0.308 e. The van der Waals surface area contributed by atoms with Crippen molar-refractivity contribution in [3.63, 3.8) is 0 Å². The van der Waals surface area contributed by atoms with Crippen molar-refractivity contribution in [2.24, 2.45) is 5.92 Å². The Morgan fingerprint density at radius 2 is 2.32 bits per heavy atom. The number of hydrogen-bond acceptors (Lipinski definition) is 4. The first-order valence-electron chi connectivity index (χ1n) is 6.18. The van der Waals surface area contributed by atoms with E-state index in [0.717, 1.165) is 29.4 Å². The molecule has 2 rings (SSSR count). The fraction of sp³-hybridized carbons (Fsp3) is 0.429. The number of nitrogens with zero attached hydrogens (tertiary/aromatic N) is 1. The number of ether oxygens (including phenoxy) is 1. The van der Waals surface area contributed by atoms with Crippen LogP contribution in [-0.2, 0) is 9.53 Å². The maximum absolute atomic E-state index is 11.5. The predicted octanol–water partition coefficient (Wildman–Crippen LogP) is 3.07. The van der Waals surface area contributed by atoms with Gasteiger partial charge < -0.3 is 10.1 Å². The molecule has 1 aromatic carbocycles. The number of carbonyl (C=O) groups excluding carboxylic acids is 1. The SMILES string of the molecule is COC(=O)[C@H]1CC[C@@H](Nc2ccc(C#N)cc2Br)C1. The van der Waals surface area contributed by atoms with Crippen LogP contribution in [0.25, 0.3) is 0 Å². The van der Waals surface area contributed by atoms with E-state index in [1.165, 1.54) is 7.11 Å². The number of rotatable bonds is 3. The van der Waals surface area contributed by atoms with Crippen molar-refractivity contribution in [3.05, 3.63) is 28.2 Å². The molecule has 1 saturated carbocycles. The largest absolute Gasteiger partial charge is 0.469 e. The molecule has 0 amide bonds. The van der Waals surface area contributed by atoms with Gasteiger partial charge in [0.15, 0.2) is 0 Å². The minimum atomic E-state index is -0.122. The minimum Gasteiger partial charge on any atom is -0.469 e. The highest BCUT2D eigenvalue weighted by molar-refractivity contribution is 9.10. The summed E-state index contributed by atoms with van der Waals surface area (Å²) in [5.74, 6) is -0.122. The summed E-state index contributed by atoms with van der Waals surface area (Å²) < 4.78 is 5.64. The average Bonchev–Trinajstić information content (AvgIpc) is 2.88. The van der Waals surface area contributed by atoms with E-state index >= 15 is 0 Å². The standard InChI is InChI=1S/C14H15BrN2O2/c1-19-14(18)10-3-4-11(7-10)17-13-5-2-9(8-16)6-12(13)15/h2,5-6,10-11,17H,3-4,7H2,1H3/t10-,11+/m0/s1. The van der Waals surface area contributed by atoms with Gasteiger partial charge in [0.05, 0.1) is 24.7 Å². The van der Waals surface area contributed by atoms with Crippen molar-refractivity contribution >= 4 is 27.6 Å². The Morgan fingerprint density at radius 1 is 1.53 bits per heavy atom. The fourth-order valence-corrected chi connectivity index (χ4v) is 2.91. The van der Waals surface area contributed by atoms with Crippen molar-refractivity contribution in [2.75, 3.05) is 12.4 Å². The van der Waals surface area contributed by atoms with Gasteiger partial charge in [0, 0.05) is 16.2 Å². The van der Waals surface area contributed by atoms with Gasteiger partial charge >= 0.3 is 5.97 Å². The molecule has 19 heavy (non-hydrogen) atoms. The third-order valence-electron chi connectivity index (χ3n) is 3.42. The normalized spacial score (nSPS) is 21.7. The van der Waals surface area contributed by atoms with Crippen LogP contribution in [0.3, 0.4) is 0 Å².